The number of halogens is 1. The van der Waals surface area contributed by atoms with E-state index < -0.39 is 5.91 Å². The van der Waals surface area contributed by atoms with Gasteiger partial charge in [0.25, 0.3) is 5.91 Å². The van der Waals surface area contributed by atoms with Crippen molar-refractivity contribution in [2.75, 3.05) is 24.6 Å². The number of carbonyl (C=O) groups is 1. The summed E-state index contributed by atoms with van der Waals surface area (Å²) < 4.78 is 18.2. The number of benzene rings is 1. The summed E-state index contributed by atoms with van der Waals surface area (Å²) in [4.78, 5) is 22.5. The van der Waals surface area contributed by atoms with E-state index in [-0.39, 0.29) is 12.4 Å². The normalized spacial score (nSPS) is 10.8. The average Bonchev–Trinajstić information content (AvgIpc) is 2.62. The highest BCUT2D eigenvalue weighted by Gasteiger charge is 2.10. The van der Waals surface area contributed by atoms with Gasteiger partial charge in [-0.25, -0.2) is 14.8 Å². The van der Waals surface area contributed by atoms with E-state index >= 15 is 0 Å². The number of carbonyl (C=O) groups excluding carboxylic acids is 1. The van der Waals surface area contributed by atoms with Crippen LogP contribution in [-0.4, -0.2) is 41.8 Å². The summed E-state index contributed by atoms with van der Waals surface area (Å²) in [7, 11) is 0. The van der Waals surface area contributed by atoms with Crippen LogP contribution in [0.2, 0.25) is 0 Å². The first kappa shape index (κ1) is 19.3. The van der Waals surface area contributed by atoms with Crippen LogP contribution in [-0.2, 0) is 4.79 Å². The number of aromatic nitrogens is 2. The molecule has 0 bridgehead atoms. The van der Waals surface area contributed by atoms with Gasteiger partial charge in [0.15, 0.2) is 6.61 Å². The number of amides is 1. The quantitative estimate of drug-likeness (QED) is 0.578. The molecular formula is C18H22FN5O2. The summed E-state index contributed by atoms with van der Waals surface area (Å²) >= 11 is 0. The molecule has 1 aromatic carbocycles. The molecule has 1 N–H and O–H groups in total. The highest BCUT2D eigenvalue weighted by molar-refractivity contribution is 5.82. The molecule has 8 heteroatoms. The predicted molar refractivity (Wildman–Crippen MR) is 98.0 cm³/mol. The Hall–Kier alpha value is -3.03. The molecule has 1 aromatic heterocycles. The van der Waals surface area contributed by atoms with Gasteiger partial charge in [-0.3, -0.25) is 4.79 Å². The number of aryl methyl sites for hydroxylation is 1. The SMILES string of the molecule is CCN(CC)c1nc(C)cc(OCC(=O)NN=Cc2ccc(F)cc2)n1. The Bertz CT molecular complexity index is 761. The fourth-order valence-electron chi connectivity index (χ4n) is 2.15. The van der Waals surface area contributed by atoms with Crippen molar-refractivity contribution < 1.29 is 13.9 Å². The molecule has 138 valence electrons. The summed E-state index contributed by atoms with van der Waals surface area (Å²) in [5.74, 6) is 0.143. The molecule has 0 atom stereocenters. The average molecular weight is 359 g/mol. The smallest absolute Gasteiger partial charge is 0.278 e. The van der Waals surface area contributed by atoms with E-state index in [1.807, 2.05) is 25.7 Å². The Morgan fingerprint density at radius 1 is 1.27 bits per heavy atom. The Kier molecular flexibility index (Phi) is 7.02. The van der Waals surface area contributed by atoms with Gasteiger partial charge in [0.2, 0.25) is 11.8 Å². The van der Waals surface area contributed by atoms with Gasteiger partial charge >= 0.3 is 0 Å². The number of nitrogens with one attached hydrogen (secondary N) is 1. The number of ether oxygens (including phenoxy) is 1. The minimum absolute atomic E-state index is 0.227. The number of hydrogen-bond donors (Lipinski definition) is 1. The topological polar surface area (TPSA) is 79.7 Å². The van der Waals surface area contributed by atoms with Crippen molar-refractivity contribution in [2.45, 2.75) is 20.8 Å². The van der Waals surface area contributed by atoms with E-state index in [1.54, 1.807) is 18.2 Å². The first-order valence-electron chi connectivity index (χ1n) is 8.32. The molecule has 2 aromatic rings. The molecular weight excluding hydrogens is 337 g/mol. The van der Waals surface area contributed by atoms with Crippen molar-refractivity contribution in [3.8, 4) is 5.88 Å². The van der Waals surface area contributed by atoms with Gasteiger partial charge in [0, 0.05) is 24.8 Å². The molecule has 2 rings (SSSR count). The second kappa shape index (κ2) is 9.45. The molecule has 26 heavy (non-hydrogen) atoms. The minimum Gasteiger partial charge on any atom is -0.467 e. The molecule has 0 aliphatic rings. The zero-order valence-electron chi connectivity index (χ0n) is 15.1. The fraction of sp³-hybridized carbons (Fsp3) is 0.333. The van der Waals surface area contributed by atoms with Crippen LogP contribution in [0.3, 0.4) is 0 Å². The van der Waals surface area contributed by atoms with E-state index in [1.165, 1.54) is 18.3 Å². The predicted octanol–water partition coefficient (Wildman–Crippen LogP) is 2.30. The van der Waals surface area contributed by atoms with Crippen LogP contribution in [0.4, 0.5) is 10.3 Å². The van der Waals surface area contributed by atoms with Crippen LogP contribution < -0.4 is 15.1 Å². The van der Waals surface area contributed by atoms with Gasteiger partial charge in [-0.15, -0.1) is 0 Å². The molecule has 0 spiro atoms. The highest BCUT2D eigenvalue weighted by atomic mass is 19.1. The maximum Gasteiger partial charge on any atom is 0.278 e. The zero-order chi connectivity index (χ0) is 18.9. The second-order valence-electron chi connectivity index (χ2n) is 5.45. The van der Waals surface area contributed by atoms with Crippen molar-refractivity contribution in [2.24, 2.45) is 5.10 Å². The molecule has 0 saturated carbocycles. The summed E-state index contributed by atoms with van der Waals surface area (Å²) in [5.41, 5.74) is 3.77. The van der Waals surface area contributed by atoms with Crippen molar-refractivity contribution in [1.29, 1.82) is 0 Å². The maximum atomic E-state index is 12.8. The van der Waals surface area contributed by atoms with E-state index in [2.05, 4.69) is 20.5 Å². The lowest BCUT2D eigenvalue weighted by atomic mass is 10.2. The number of hydrogen-bond acceptors (Lipinski definition) is 6. The van der Waals surface area contributed by atoms with Gasteiger partial charge in [-0.1, -0.05) is 12.1 Å². The molecule has 0 aliphatic heterocycles. The van der Waals surface area contributed by atoms with Crippen molar-refractivity contribution in [3.05, 3.63) is 47.4 Å². The van der Waals surface area contributed by atoms with E-state index in [0.29, 0.717) is 17.4 Å². The Morgan fingerprint density at radius 3 is 2.62 bits per heavy atom. The van der Waals surface area contributed by atoms with E-state index in [0.717, 1.165) is 18.8 Å². The lowest BCUT2D eigenvalue weighted by Gasteiger charge is -2.19. The van der Waals surface area contributed by atoms with Crippen molar-refractivity contribution >= 4 is 18.1 Å². The third-order valence-electron chi connectivity index (χ3n) is 3.49. The summed E-state index contributed by atoms with van der Waals surface area (Å²) in [6, 6.07) is 7.41. The molecule has 0 fully saturated rings. The van der Waals surface area contributed by atoms with Crippen LogP contribution in [0.5, 0.6) is 5.88 Å². The monoisotopic (exact) mass is 359 g/mol. The first-order chi connectivity index (χ1) is 12.5. The molecule has 0 radical (unpaired) electrons. The number of anilines is 1. The van der Waals surface area contributed by atoms with E-state index in [4.69, 9.17) is 4.74 Å². The largest absolute Gasteiger partial charge is 0.467 e. The van der Waals surface area contributed by atoms with Gasteiger partial charge < -0.3 is 9.64 Å². The standard InChI is InChI=1S/C18H22FN5O2/c1-4-24(5-2)18-21-13(3)10-17(22-18)26-12-16(25)23-20-11-14-6-8-15(19)9-7-14/h6-11H,4-5,12H2,1-3H3,(H,23,25). The first-order valence-corrected chi connectivity index (χ1v) is 8.32. The molecule has 1 amide bonds. The minimum atomic E-state index is -0.427. The number of nitrogens with zero attached hydrogens (tertiary/aromatic N) is 4. The van der Waals surface area contributed by atoms with Crippen LogP contribution in [0.15, 0.2) is 35.4 Å². The van der Waals surface area contributed by atoms with Crippen LogP contribution in [0.1, 0.15) is 25.1 Å². The van der Waals surface area contributed by atoms with Crippen molar-refractivity contribution in [1.82, 2.24) is 15.4 Å². The van der Waals surface area contributed by atoms with Crippen LogP contribution >= 0.6 is 0 Å². The second-order valence-corrected chi connectivity index (χ2v) is 5.45. The summed E-state index contributed by atoms with van der Waals surface area (Å²) in [5, 5.41) is 3.81. The maximum absolute atomic E-state index is 12.8. The molecule has 0 saturated heterocycles. The third kappa shape index (κ3) is 5.80. The van der Waals surface area contributed by atoms with Crippen LogP contribution in [0.25, 0.3) is 0 Å². The molecule has 0 aliphatic carbocycles. The van der Waals surface area contributed by atoms with Gasteiger partial charge in [-0.2, -0.15) is 10.1 Å². The summed E-state index contributed by atoms with van der Waals surface area (Å²) in [6.07, 6.45) is 1.42. The lowest BCUT2D eigenvalue weighted by molar-refractivity contribution is -0.123. The third-order valence-corrected chi connectivity index (χ3v) is 3.49. The Labute approximate surface area is 151 Å². The van der Waals surface area contributed by atoms with Crippen molar-refractivity contribution in [3.63, 3.8) is 0 Å². The summed E-state index contributed by atoms with van der Waals surface area (Å²) in [6.45, 7) is 7.20. The molecule has 7 nitrogen and oxygen atoms in total. The van der Waals surface area contributed by atoms with Crippen LogP contribution in [0, 0.1) is 12.7 Å². The lowest BCUT2D eigenvalue weighted by Crippen LogP contribution is -2.26. The molecule has 0 unspecified atom stereocenters. The molecule has 1 heterocycles. The van der Waals surface area contributed by atoms with Gasteiger partial charge in [-0.05, 0) is 38.5 Å². The van der Waals surface area contributed by atoms with E-state index in [9.17, 15) is 9.18 Å². The van der Waals surface area contributed by atoms with Gasteiger partial charge in [0.1, 0.15) is 5.82 Å². The highest BCUT2D eigenvalue weighted by Crippen LogP contribution is 2.15. The zero-order valence-corrected chi connectivity index (χ0v) is 15.1. The number of hydrazone groups is 1. The number of rotatable bonds is 8. The Balaban J connectivity index is 1.89. The fourth-order valence-corrected chi connectivity index (χ4v) is 2.15. The Morgan fingerprint density at radius 2 is 1.96 bits per heavy atom. The van der Waals surface area contributed by atoms with Gasteiger partial charge in [0.05, 0.1) is 6.21 Å².